The number of carbonyl (C=O) groups excluding carboxylic acids is 1. The van der Waals surface area contributed by atoms with Crippen molar-refractivity contribution in [3.63, 3.8) is 0 Å². The number of pyridine rings is 1. The van der Waals surface area contributed by atoms with E-state index in [4.69, 9.17) is 15.2 Å². The zero-order chi connectivity index (χ0) is 15.6. The van der Waals surface area contributed by atoms with Gasteiger partial charge in [0.2, 0.25) is 5.91 Å². The number of nitrogens with zero attached hydrogens (tertiary/aromatic N) is 1. The van der Waals surface area contributed by atoms with Crippen LogP contribution in [0.5, 0.6) is 17.2 Å². The molecule has 1 saturated carbocycles. The molecule has 1 amide bonds. The lowest BCUT2D eigenvalue weighted by Gasteiger charge is -2.19. The lowest BCUT2D eigenvalue weighted by atomic mass is 10.1. The monoisotopic (exact) mass is 309 g/mol. The maximum absolute atomic E-state index is 11.5. The molecule has 6 nitrogen and oxygen atoms in total. The van der Waals surface area contributed by atoms with E-state index in [0.717, 1.165) is 28.4 Å². The molecule has 0 spiro atoms. The van der Waals surface area contributed by atoms with Gasteiger partial charge < -0.3 is 20.5 Å². The van der Waals surface area contributed by atoms with Gasteiger partial charge in [0.15, 0.2) is 0 Å². The number of amides is 1. The van der Waals surface area contributed by atoms with Crippen LogP contribution >= 0.6 is 0 Å². The maximum Gasteiger partial charge on any atom is 0.225 e. The minimum atomic E-state index is -0.00871. The molecular weight excluding hydrogens is 294 g/mol. The summed E-state index contributed by atoms with van der Waals surface area (Å²) in [5, 5.41) is 2.78. The molecule has 1 fully saturated rings. The van der Waals surface area contributed by atoms with Gasteiger partial charge in [-0.05, 0) is 30.7 Å². The molecule has 3 aliphatic rings. The zero-order valence-corrected chi connectivity index (χ0v) is 12.3. The van der Waals surface area contributed by atoms with Crippen LogP contribution in [0.3, 0.4) is 0 Å². The number of hydrogen-bond acceptors (Lipinski definition) is 5. The molecule has 0 saturated heterocycles. The van der Waals surface area contributed by atoms with E-state index in [1.54, 1.807) is 6.20 Å². The smallest absolute Gasteiger partial charge is 0.225 e. The number of anilines is 1. The average Bonchev–Trinajstić information content (AvgIpc) is 3.02. The predicted molar refractivity (Wildman–Crippen MR) is 82.8 cm³/mol. The summed E-state index contributed by atoms with van der Waals surface area (Å²) in [4.78, 5) is 15.7. The fourth-order valence-electron chi connectivity index (χ4n) is 3.43. The molecule has 1 aliphatic carbocycles. The quantitative estimate of drug-likeness (QED) is 0.885. The Morgan fingerprint density at radius 1 is 1.30 bits per heavy atom. The number of benzene rings is 1. The van der Waals surface area contributed by atoms with Gasteiger partial charge in [0.25, 0.3) is 0 Å². The van der Waals surface area contributed by atoms with E-state index in [2.05, 4.69) is 10.3 Å². The number of rotatable bonds is 2. The Morgan fingerprint density at radius 3 is 3.13 bits per heavy atom. The Balaban J connectivity index is 1.47. The molecule has 1 unspecified atom stereocenters. The predicted octanol–water partition coefficient (Wildman–Crippen LogP) is 1.94. The number of nitrogens with one attached hydrogen (secondary N) is 1. The number of fused-ring (bicyclic) bond motifs is 4. The van der Waals surface area contributed by atoms with Crippen LogP contribution in [0.4, 0.5) is 5.82 Å². The third-order valence-electron chi connectivity index (χ3n) is 4.71. The molecule has 3 heterocycles. The third-order valence-corrected chi connectivity index (χ3v) is 4.71. The summed E-state index contributed by atoms with van der Waals surface area (Å²) in [6, 6.07) is 7.75. The molecule has 3 N–H and O–H groups in total. The molecule has 1 aromatic heterocycles. The Bertz CT molecular complexity index is 836. The highest BCUT2D eigenvalue weighted by molar-refractivity contribution is 5.93. The number of hydrogen-bond donors (Lipinski definition) is 2. The third kappa shape index (κ3) is 1.91. The van der Waals surface area contributed by atoms with E-state index < -0.39 is 0 Å². The van der Waals surface area contributed by atoms with Gasteiger partial charge in [-0.1, -0.05) is 0 Å². The van der Waals surface area contributed by atoms with Gasteiger partial charge >= 0.3 is 0 Å². The van der Waals surface area contributed by atoms with Crippen LogP contribution in [0.25, 0.3) is 0 Å². The second-order valence-corrected chi connectivity index (χ2v) is 6.17. The molecule has 2 aliphatic heterocycles. The highest BCUT2D eigenvalue weighted by Crippen LogP contribution is 2.53. The van der Waals surface area contributed by atoms with E-state index in [1.165, 1.54) is 0 Å². The SMILES string of the molecule is N[C@H]1C2c3cc(Oc4ccnc5c4CCC(=O)N5)ccc3O[C@@H]21. The van der Waals surface area contributed by atoms with Gasteiger partial charge in [-0.25, -0.2) is 4.98 Å². The minimum absolute atomic E-state index is 0.00871. The first-order valence-corrected chi connectivity index (χ1v) is 7.72. The van der Waals surface area contributed by atoms with Crippen molar-refractivity contribution in [3.8, 4) is 17.2 Å². The maximum atomic E-state index is 11.5. The summed E-state index contributed by atoms with van der Waals surface area (Å²) in [6.07, 6.45) is 2.85. The first kappa shape index (κ1) is 12.9. The zero-order valence-electron chi connectivity index (χ0n) is 12.3. The van der Waals surface area contributed by atoms with Crippen molar-refractivity contribution in [3.05, 3.63) is 41.6 Å². The summed E-state index contributed by atoms with van der Waals surface area (Å²) >= 11 is 0. The molecule has 5 rings (SSSR count). The van der Waals surface area contributed by atoms with Crippen molar-refractivity contribution in [2.45, 2.75) is 30.9 Å². The fourth-order valence-corrected chi connectivity index (χ4v) is 3.43. The molecule has 116 valence electrons. The molecular formula is C17H15N3O3. The van der Waals surface area contributed by atoms with Gasteiger partial charge in [-0.15, -0.1) is 0 Å². The molecule has 2 aromatic rings. The van der Waals surface area contributed by atoms with Crippen LogP contribution in [-0.2, 0) is 11.2 Å². The summed E-state index contributed by atoms with van der Waals surface area (Å²) in [5.74, 6) is 3.25. The van der Waals surface area contributed by atoms with Crippen molar-refractivity contribution >= 4 is 11.7 Å². The van der Waals surface area contributed by atoms with Crippen molar-refractivity contribution in [2.75, 3.05) is 5.32 Å². The molecule has 6 heteroatoms. The summed E-state index contributed by atoms with van der Waals surface area (Å²) in [5.41, 5.74) is 8.04. The normalized spacial score (nSPS) is 26.5. The highest BCUT2D eigenvalue weighted by atomic mass is 16.5. The largest absolute Gasteiger partial charge is 0.488 e. The van der Waals surface area contributed by atoms with Crippen molar-refractivity contribution in [2.24, 2.45) is 5.73 Å². The first-order valence-electron chi connectivity index (χ1n) is 7.72. The standard InChI is InChI=1S/C17H15N3O3/c18-15-14-10-7-8(1-3-11(10)23-16(14)15)22-12-5-6-19-17-9(12)2-4-13(21)20-17/h1,3,5-7,14-16H,2,4,18H2,(H,19,20,21)/t14?,15-,16-/m0/s1. The Labute approximate surface area is 132 Å². The van der Waals surface area contributed by atoms with Crippen LogP contribution in [0.2, 0.25) is 0 Å². The Morgan fingerprint density at radius 2 is 2.22 bits per heavy atom. The van der Waals surface area contributed by atoms with Gasteiger partial charge in [0.1, 0.15) is 29.2 Å². The van der Waals surface area contributed by atoms with E-state index in [1.807, 2.05) is 24.3 Å². The lowest BCUT2D eigenvalue weighted by Crippen LogP contribution is -2.20. The van der Waals surface area contributed by atoms with E-state index >= 15 is 0 Å². The average molecular weight is 309 g/mol. The molecule has 1 aromatic carbocycles. The summed E-state index contributed by atoms with van der Waals surface area (Å²) < 4.78 is 11.8. The number of carbonyl (C=O) groups is 1. The van der Waals surface area contributed by atoms with Crippen molar-refractivity contribution < 1.29 is 14.3 Å². The summed E-state index contributed by atoms with van der Waals surface area (Å²) in [6.45, 7) is 0. The second kappa shape index (κ2) is 4.45. The van der Waals surface area contributed by atoms with Crippen LogP contribution in [0.1, 0.15) is 23.5 Å². The van der Waals surface area contributed by atoms with Crippen LogP contribution in [0, 0.1) is 0 Å². The first-order chi connectivity index (χ1) is 11.2. The van der Waals surface area contributed by atoms with Gasteiger partial charge in [0.05, 0.1) is 6.04 Å². The molecule has 3 atom stereocenters. The Kier molecular flexibility index (Phi) is 2.50. The van der Waals surface area contributed by atoms with E-state index in [0.29, 0.717) is 24.6 Å². The van der Waals surface area contributed by atoms with E-state index in [9.17, 15) is 4.79 Å². The number of aromatic nitrogens is 1. The number of ether oxygens (including phenoxy) is 2. The lowest BCUT2D eigenvalue weighted by molar-refractivity contribution is -0.116. The van der Waals surface area contributed by atoms with Gasteiger partial charge in [0, 0.05) is 29.7 Å². The van der Waals surface area contributed by atoms with Gasteiger partial charge in [-0.3, -0.25) is 4.79 Å². The number of nitrogens with two attached hydrogens (primary N) is 1. The minimum Gasteiger partial charge on any atom is -0.488 e. The van der Waals surface area contributed by atoms with Crippen molar-refractivity contribution in [1.82, 2.24) is 4.98 Å². The molecule has 0 bridgehead atoms. The van der Waals surface area contributed by atoms with Crippen molar-refractivity contribution in [1.29, 1.82) is 0 Å². The molecule has 23 heavy (non-hydrogen) atoms. The second-order valence-electron chi connectivity index (χ2n) is 6.17. The van der Waals surface area contributed by atoms with Crippen LogP contribution in [-0.4, -0.2) is 23.0 Å². The van der Waals surface area contributed by atoms with Crippen LogP contribution in [0.15, 0.2) is 30.5 Å². The summed E-state index contributed by atoms with van der Waals surface area (Å²) in [7, 11) is 0. The highest BCUT2D eigenvalue weighted by Gasteiger charge is 2.56. The molecule has 0 radical (unpaired) electrons. The topological polar surface area (TPSA) is 86.5 Å². The Hall–Kier alpha value is -2.60. The van der Waals surface area contributed by atoms with Gasteiger partial charge in [-0.2, -0.15) is 0 Å². The van der Waals surface area contributed by atoms with Crippen LogP contribution < -0.4 is 20.5 Å². The van der Waals surface area contributed by atoms with E-state index in [-0.39, 0.29) is 18.1 Å². The fraction of sp³-hybridized carbons (Fsp3) is 0.294.